The van der Waals surface area contributed by atoms with Crippen LogP contribution in [0, 0.1) is 23.2 Å². The number of carbonyl (C=O) groups is 1. The molecule has 150 valence electrons. The van der Waals surface area contributed by atoms with Crippen molar-refractivity contribution < 1.29 is 36.4 Å². The van der Waals surface area contributed by atoms with Crippen molar-refractivity contribution in [2.45, 2.75) is 25.0 Å². The van der Waals surface area contributed by atoms with Crippen molar-refractivity contribution in [3.63, 3.8) is 0 Å². The Morgan fingerprint density at radius 1 is 1.57 bits per heavy atom. The van der Waals surface area contributed by atoms with E-state index in [-0.39, 0.29) is 5.56 Å². The third kappa shape index (κ3) is 6.00. The number of benzene rings is 1. The number of carbonyl (C=O) groups excluding carboxylic acids is 1. The van der Waals surface area contributed by atoms with Crippen LogP contribution in [-0.4, -0.2) is 27.7 Å². The monoisotopic (exact) mass is 562 g/mol. The average Bonchev–Trinajstić information content (AvgIpc) is 3.08. The van der Waals surface area contributed by atoms with E-state index in [0.29, 0.717) is 48.3 Å². The molecule has 0 aliphatic rings. The summed E-state index contributed by atoms with van der Waals surface area (Å²) >= 11 is 0.611. The second-order valence-electron chi connectivity index (χ2n) is 5.84. The molecular weight excluding hydrogens is 541 g/mol. The first-order valence-corrected chi connectivity index (χ1v) is 9.14. The van der Waals surface area contributed by atoms with Gasteiger partial charge >= 0.3 is 22.1 Å². The molecule has 0 fully saturated rings. The Bertz CT molecular complexity index is 879. The van der Waals surface area contributed by atoms with Crippen molar-refractivity contribution in [2.24, 2.45) is 7.05 Å². The molecule has 2 aromatic rings. The zero-order chi connectivity index (χ0) is 21.3. The Balaban J connectivity index is 0.00000190. The molecule has 3 N–H and O–H groups in total. The predicted octanol–water partition coefficient (Wildman–Crippen LogP) is 2.87. The standard InChI is InChI=1S/C19H19FN4O2.O.Os/c1-3-17(25)16(22)7-4-12-8-9-24(2)18(12)19(26)23-14-5-6-15(20)13(10-14)11-21;;/h3,5-6,9-10,16-17,22,25H,1,4,7H2,2H3,(H,23,26);;/q-2;;/t16-,17+;;/m1../s1. The van der Waals surface area contributed by atoms with Crippen molar-refractivity contribution in [1.82, 2.24) is 4.57 Å². The Labute approximate surface area is 172 Å². The molecular formula is C19H19FN4O3Os-2. The predicted molar refractivity (Wildman–Crippen MR) is 96.6 cm³/mol. The number of aryl methyl sites for hydroxylation is 2. The van der Waals surface area contributed by atoms with Crippen LogP contribution in [0.25, 0.3) is 5.73 Å². The number of hydrogen-bond acceptors (Lipinski definition) is 4. The van der Waals surface area contributed by atoms with E-state index in [9.17, 15) is 14.3 Å². The summed E-state index contributed by atoms with van der Waals surface area (Å²) in [5.74, 6) is -1.08. The van der Waals surface area contributed by atoms with E-state index in [1.54, 1.807) is 23.9 Å². The SMILES string of the molecule is C=C[C@H](O)[C@H]([NH-])CCc1[c-]cn(C)c1C(=O)Nc1ccc(F)c(C#N)c1.[O]=[Os]. The van der Waals surface area contributed by atoms with Gasteiger partial charge in [-0.25, -0.2) is 10.5 Å². The second-order valence-corrected chi connectivity index (χ2v) is 5.84. The van der Waals surface area contributed by atoms with E-state index in [4.69, 9.17) is 14.5 Å². The minimum atomic E-state index is -0.931. The molecule has 0 bridgehead atoms. The molecule has 0 aliphatic heterocycles. The van der Waals surface area contributed by atoms with Crippen LogP contribution in [0.3, 0.4) is 0 Å². The zero-order valence-corrected chi connectivity index (χ0v) is 17.6. The van der Waals surface area contributed by atoms with Crippen molar-refractivity contribution in [3.8, 4) is 6.07 Å². The Morgan fingerprint density at radius 3 is 2.86 bits per heavy atom. The number of nitrogens with zero attached hydrogens (tertiary/aromatic N) is 2. The molecule has 0 spiro atoms. The van der Waals surface area contributed by atoms with E-state index in [2.05, 4.69) is 18.0 Å². The van der Waals surface area contributed by atoms with Crippen LogP contribution in [0.5, 0.6) is 0 Å². The molecule has 7 nitrogen and oxygen atoms in total. The van der Waals surface area contributed by atoms with E-state index in [0.717, 1.165) is 6.07 Å². The maximum atomic E-state index is 13.4. The number of nitriles is 1. The second kappa shape index (κ2) is 11.4. The number of amides is 1. The Hall–Kier alpha value is -2.51. The van der Waals surface area contributed by atoms with Gasteiger partial charge < -0.3 is 20.7 Å². The van der Waals surface area contributed by atoms with Crippen LogP contribution >= 0.6 is 0 Å². The number of rotatable bonds is 7. The third-order valence-electron chi connectivity index (χ3n) is 3.99. The summed E-state index contributed by atoms with van der Waals surface area (Å²) in [6, 6.07) is 7.72. The topological polar surface area (TPSA) is 119 Å². The molecule has 2 atom stereocenters. The fourth-order valence-electron chi connectivity index (χ4n) is 2.52. The first-order chi connectivity index (χ1) is 13.4. The molecule has 1 aromatic carbocycles. The van der Waals surface area contributed by atoms with E-state index >= 15 is 0 Å². The van der Waals surface area contributed by atoms with Crippen molar-refractivity contribution in [1.29, 1.82) is 5.26 Å². The van der Waals surface area contributed by atoms with Crippen LogP contribution in [0.1, 0.15) is 28.0 Å². The summed E-state index contributed by atoms with van der Waals surface area (Å²) in [7, 11) is 1.69. The van der Waals surface area contributed by atoms with E-state index in [1.165, 1.54) is 18.2 Å². The average molecular weight is 561 g/mol. The van der Waals surface area contributed by atoms with Crippen LogP contribution in [0.4, 0.5) is 10.1 Å². The number of aliphatic hydroxyl groups excluding tert-OH is 1. The summed E-state index contributed by atoms with van der Waals surface area (Å²) in [5, 5.41) is 21.1. The normalized spacial score (nSPS) is 12.1. The van der Waals surface area contributed by atoms with Gasteiger partial charge in [0.25, 0.3) is 0 Å². The molecule has 0 radical (unpaired) electrons. The zero-order valence-electron chi connectivity index (χ0n) is 15.1. The van der Waals surface area contributed by atoms with Gasteiger partial charge in [-0.3, -0.25) is 4.79 Å². The van der Waals surface area contributed by atoms with Crippen molar-refractivity contribution >= 4 is 11.6 Å². The number of aromatic nitrogens is 1. The molecule has 1 aromatic heterocycles. The van der Waals surface area contributed by atoms with Crippen LogP contribution in [0.2, 0.25) is 0 Å². The van der Waals surface area contributed by atoms with Gasteiger partial charge in [-0.15, -0.1) is 18.8 Å². The number of halogens is 1. The molecule has 0 unspecified atom stereocenters. The number of nitrogens with one attached hydrogen (secondary N) is 2. The number of anilines is 1. The molecule has 9 heteroatoms. The van der Waals surface area contributed by atoms with Gasteiger partial charge in [0.2, 0.25) is 0 Å². The van der Waals surface area contributed by atoms with Crippen LogP contribution in [0.15, 0.2) is 37.1 Å². The molecule has 0 aliphatic carbocycles. The first kappa shape index (κ1) is 23.5. The molecule has 28 heavy (non-hydrogen) atoms. The van der Waals surface area contributed by atoms with E-state index in [1.807, 2.05) is 0 Å². The van der Waals surface area contributed by atoms with E-state index < -0.39 is 23.9 Å². The van der Waals surface area contributed by atoms with Crippen molar-refractivity contribution in [3.05, 3.63) is 71.5 Å². The first-order valence-electron chi connectivity index (χ1n) is 8.10. The summed E-state index contributed by atoms with van der Waals surface area (Å²) in [4.78, 5) is 12.6. The van der Waals surface area contributed by atoms with Gasteiger partial charge in [0.1, 0.15) is 11.9 Å². The Kier molecular flexibility index (Phi) is 9.54. The summed E-state index contributed by atoms with van der Waals surface area (Å²) < 4.78 is 23.3. The summed E-state index contributed by atoms with van der Waals surface area (Å²) in [6.07, 6.45) is 2.71. The number of aliphatic hydroxyl groups is 1. The third-order valence-corrected chi connectivity index (χ3v) is 3.99. The fourth-order valence-corrected chi connectivity index (χ4v) is 2.52. The number of hydrogen-bond donors (Lipinski definition) is 2. The summed E-state index contributed by atoms with van der Waals surface area (Å²) in [6.45, 7) is 3.46. The maximum absolute atomic E-state index is 13.4. The van der Waals surface area contributed by atoms with Crippen LogP contribution in [-0.2, 0) is 35.6 Å². The molecule has 0 saturated carbocycles. The van der Waals surface area contributed by atoms with Crippen molar-refractivity contribution in [2.75, 3.05) is 5.32 Å². The molecule has 1 amide bonds. The minimum absolute atomic E-state index is 0.156. The van der Waals surface area contributed by atoms with Gasteiger partial charge in [-0.2, -0.15) is 10.8 Å². The van der Waals surface area contributed by atoms with Crippen LogP contribution < -0.4 is 5.32 Å². The van der Waals surface area contributed by atoms with Gasteiger partial charge in [0, 0.05) is 5.69 Å². The van der Waals surface area contributed by atoms with Gasteiger partial charge in [-0.1, -0.05) is 18.9 Å². The fraction of sp³-hybridized carbons (Fsp3) is 0.263. The van der Waals surface area contributed by atoms with Gasteiger partial charge in [0.05, 0.1) is 11.7 Å². The quantitative estimate of drug-likeness (QED) is 0.400. The van der Waals surface area contributed by atoms with Gasteiger partial charge in [-0.05, 0) is 30.9 Å². The van der Waals surface area contributed by atoms with Gasteiger partial charge in [0.15, 0.2) is 5.91 Å². The molecule has 2 rings (SSSR count). The molecule has 0 saturated heterocycles. The summed E-state index contributed by atoms with van der Waals surface area (Å²) in [5.41, 5.74) is 8.96. The Morgan fingerprint density at radius 2 is 2.25 bits per heavy atom. The molecule has 1 heterocycles.